The number of likely N-dealkylation sites (tertiary alicyclic amines) is 1. The largest absolute Gasteiger partial charge is 0.495 e. The van der Waals surface area contributed by atoms with Gasteiger partial charge in [0.2, 0.25) is 21.8 Å². The molecule has 182 valence electrons. The monoisotopic (exact) mass is 485 g/mol. The third-order valence-electron chi connectivity index (χ3n) is 6.44. The molecule has 0 unspecified atom stereocenters. The van der Waals surface area contributed by atoms with Crippen LogP contribution < -0.4 is 10.1 Å². The van der Waals surface area contributed by atoms with Crippen molar-refractivity contribution in [3.05, 3.63) is 53.6 Å². The highest BCUT2D eigenvalue weighted by Crippen LogP contribution is 2.32. The van der Waals surface area contributed by atoms with Crippen molar-refractivity contribution in [2.45, 2.75) is 44.0 Å². The van der Waals surface area contributed by atoms with Gasteiger partial charge in [0.15, 0.2) is 0 Å². The van der Waals surface area contributed by atoms with E-state index in [-0.39, 0.29) is 28.9 Å². The maximum atomic E-state index is 13.2. The van der Waals surface area contributed by atoms with Gasteiger partial charge in [0, 0.05) is 38.3 Å². The Morgan fingerprint density at radius 3 is 2.47 bits per heavy atom. The Balaban J connectivity index is 1.46. The highest BCUT2D eigenvalue weighted by atomic mass is 32.2. The first-order chi connectivity index (χ1) is 16.3. The molecule has 2 aromatic carbocycles. The lowest BCUT2D eigenvalue weighted by Crippen LogP contribution is -2.35. The number of carbonyl (C=O) groups is 2. The number of benzene rings is 2. The van der Waals surface area contributed by atoms with Crippen LogP contribution in [0.5, 0.6) is 5.75 Å². The number of amides is 2. The second kappa shape index (κ2) is 10.1. The predicted octanol–water partition coefficient (Wildman–Crippen LogP) is 3.17. The Morgan fingerprint density at radius 1 is 1.09 bits per heavy atom. The number of nitrogens with zero attached hydrogens (tertiary/aromatic N) is 2. The second-order valence-electron chi connectivity index (χ2n) is 8.98. The zero-order valence-electron chi connectivity index (χ0n) is 19.6. The van der Waals surface area contributed by atoms with Crippen LogP contribution in [0.25, 0.3) is 0 Å². The summed E-state index contributed by atoms with van der Waals surface area (Å²) in [5, 5.41) is 2.81. The normalized spacial score (nSPS) is 19.3. The van der Waals surface area contributed by atoms with Gasteiger partial charge in [-0.1, -0.05) is 36.2 Å². The standard InChI is InChI=1S/C25H31N3O5S/c1-18-6-8-19(9-7-18)16-27-17-20(14-24(27)29)25(30)26-21-10-11-22(33-2)23(15-21)34(31,32)28-12-4-3-5-13-28/h6-11,15,20H,3-5,12-14,16-17H2,1-2H3,(H,26,30)/t20-/m0/s1. The summed E-state index contributed by atoms with van der Waals surface area (Å²) in [6.45, 7) is 3.75. The summed E-state index contributed by atoms with van der Waals surface area (Å²) in [5.41, 5.74) is 2.53. The van der Waals surface area contributed by atoms with Crippen molar-refractivity contribution in [2.24, 2.45) is 5.92 Å². The zero-order valence-corrected chi connectivity index (χ0v) is 20.4. The van der Waals surface area contributed by atoms with E-state index in [9.17, 15) is 18.0 Å². The van der Waals surface area contributed by atoms with E-state index in [0.29, 0.717) is 31.9 Å². The van der Waals surface area contributed by atoms with Crippen molar-refractivity contribution in [1.82, 2.24) is 9.21 Å². The van der Waals surface area contributed by atoms with Crippen molar-refractivity contribution < 1.29 is 22.7 Å². The van der Waals surface area contributed by atoms with Crippen LogP contribution in [0.4, 0.5) is 5.69 Å². The minimum Gasteiger partial charge on any atom is -0.495 e. The number of nitrogens with one attached hydrogen (secondary N) is 1. The van der Waals surface area contributed by atoms with Gasteiger partial charge in [-0.25, -0.2) is 8.42 Å². The summed E-state index contributed by atoms with van der Waals surface area (Å²) in [7, 11) is -2.32. The molecule has 1 atom stereocenters. The van der Waals surface area contributed by atoms with Crippen LogP contribution in [-0.2, 0) is 26.2 Å². The van der Waals surface area contributed by atoms with E-state index < -0.39 is 15.9 Å². The average Bonchev–Trinajstić information content (AvgIpc) is 3.21. The van der Waals surface area contributed by atoms with Gasteiger partial charge in [-0.05, 0) is 43.5 Å². The summed E-state index contributed by atoms with van der Waals surface area (Å²) in [6.07, 6.45) is 2.80. The lowest BCUT2D eigenvalue weighted by Gasteiger charge is -2.26. The first-order valence-corrected chi connectivity index (χ1v) is 13.0. The van der Waals surface area contributed by atoms with Crippen LogP contribution in [0.2, 0.25) is 0 Å². The first-order valence-electron chi connectivity index (χ1n) is 11.6. The van der Waals surface area contributed by atoms with E-state index in [1.54, 1.807) is 17.0 Å². The number of ether oxygens (including phenoxy) is 1. The van der Waals surface area contributed by atoms with Gasteiger partial charge in [-0.15, -0.1) is 0 Å². The van der Waals surface area contributed by atoms with Gasteiger partial charge in [-0.3, -0.25) is 9.59 Å². The van der Waals surface area contributed by atoms with E-state index in [1.807, 2.05) is 31.2 Å². The fourth-order valence-electron chi connectivity index (χ4n) is 4.46. The topological polar surface area (TPSA) is 96.0 Å². The summed E-state index contributed by atoms with van der Waals surface area (Å²) < 4.78 is 33.2. The molecule has 34 heavy (non-hydrogen) atoms. The number of hydrogen-bond donors (Lipinski definition) is 1. The SMILES string of the molecule is COc1ccc(NC(=O)[C@H]2CC(=O)N(Cc3ccc(C)cc3)C2)cc1S(=O)(=O)N1CCCCC1. The Hall–Kier alpha value is -2.91. The molecule has 0 radical (unpaired) electrons. The lowest BCUT2D eigenvalue weighted by atomic mass is 10.1. The van der Waals surface area contributed by atoms with Gasteiger partial charge in [-0.2, -0.15) is 4.31 Å². The van der Waals surface area contributed by atoms with E-state index in [2.05, 4.69) is 5.32 Å². The number of anilines is 1. The Bertz CT molecular complexity index is 1160. The molecule has 0 bridgehead atoms. The molecule has 0 spiro atoms. The first kappa shape index (κ1) is 24.2. The minimum atomic E-state index is -3.74. The van der Waals surface area contributed by atoms with E-state index in [4.69, 9.17) is 4.74 Å². The van der Waals surface area contributed by atoms with E-state index in [0.717, 1.165) is 30.4 Å². The molecule has 2 aliphatic rings. The molecule has 2 aromatic rings. The molecule has 2 heterocycles. The fourth-order valence-corrected chi connectivity index (χ4v) is 6.16. The molecule has 9 heteroatoms. The van der Waals surface area contributed by atoms with Crippen molar-refractivity contribution >= 4 is 27.5 Å². The molecular weight excluding hydrogens is 454 g/mol. The molecule has 2 saturated heterocycles. The highest BCUT2D eigenvalue weighted by Gasteiger charge is 2.35. The number of rotatable bonds is 7. The fraction of sp³-hybridized carbons (Fsp3) is 0.440. The second-order valence-corrected chi connectivity index (χ2v) is 10.9. The van der Waals surface area contributed by atoms with Gasteiger partial charge >= 0.3 is 0 Å². The third kappa shape index (κ3) is 5.26. The molecule has 2 aliphatic heterocycles. The van der Waals surface area contributed by atoms with Crippen LogP contribution in [-0.4, -0.2) is 56.2 Å². The average molecular weight is 486 g/mol. The smallest absolute Gasteiger partial charge is 0.246 e. The van der Waals surface area contributed by atoms with Gasteiger partial charge < -0.3 is 15.0 Å². The number of methoxy groups -OCH3 is 1. The maximum Gasteiger partial charge on any atom is 0.246 e. The highest BCUT2D eigenvalue weighted by molar-refractivity contribution is 7.89. The number of aryl methyl sites for hydroxylation is 1. The summed E-state index contributed by atoms with van der Waals surface area (Å²) in [5.74, 6) is -0.624. The number of carbonyl (C=O) groups excluding carboxylic acids is 2. The van der Waals surface area contributed by atoms with E-state index >= 15 is 0 Å². The number of hydrogen-bond acceptors (Lipinski definition) is 5. The maximum absolute atomic E-state index is 13.2. The molecule has 8 nitrogen and oxygen atoms in total. The number of piperidine rings is 1. The number of sulfonamides is 1. The van der Waals surface area contributed by atoms with Gasteiger partial charge in [0.25, 0.3) is 0 Å². The lowest BCUT2D eigenvalue weighted by molar-refractivity contribution is -0.128. The Kier molecular flexibility index (Phi) is 7.23. The molecule has 0 aliphatic carbocycles. The summed E-state index contributed by atoms with van der Waals surface area (Å²) in [4.78, 5) is 27.2. The molecule has 0 aromatic heterocycles. The minimum absolute atomic E-state index is 0.0400. The van der Waals surface area contributed by atoms with Crippen LogP contribution in [0.3, 0.4) is 0 Å². The Labute approximate surface area is 200 Å². The van der Waals surface area contributed by atoms with Crippen molar-refractivity contribution in [2.75, 3.05) is 32.1 Å². The van der Waals surface area contributed by atoms with Gasteiger partial charge in [0.05, 0.1) is 13.0 Å². The molecule has 2 amide bonds. The van der Waals surface area contributed by atoms with Crippen LogP contribution in [0.1, 0.15) is 36.8 Å². The van der Waals surface area contributed by atoms with Gasteiger partial charge in [0.1, 0.15) is 10.6 Å². The van der Waals surface area contributed by atoms with Crippen molar-refractivity contribution in [1.29, 1.82) is 0 Å². The van der Waals surface area contributed by atoms with E-state index in [1.165, 1.54) is 17.5 Å². The molecule has 1 N–H and O–H groups in total. The molecule has 2 fully saturated rings. The summed E-state index contributed by atoms with van der Waals surface area (Å²) in [6, 6.07) is 12.6. The zero-order chi connectivity index (χ0) is 24.3. The van der Waals surface area contributed by atoms with Crippen LogP contribution in [0, 0.1) is 12.8 Å². The quantitative estimate of drug-likeness (QED) is 0.650. The van der Waals surface area contributed by atoms with Crippen molar-refractivity contribution in [3.8, 4) is 5.75 Å². The predicted molar refractivity (Wildman–Crippen MR) is 129 cm³/mol. The molecular formula is C25H31N3O5S. The van der Waals surface area contributed by atoms with Crippen molar-refractivity contribution in [3.63, 3.8) is 0 Å². The van der Waals surface area contributed by atoms with Crippen LogP contribution in [0.15, 0.2) is 47.4 Å². The molecule has 0 saturated carbocycles. The summed E-state index contributed by atoms with van der Waals surface area (Å²) >= 11 is 0. The molecule has 4 rings (SSSR count). The van der Waals surface area contributed by atoms with Crippen LogP contribution >= 0.6 is 0 Å². The Morgan fingerprint density at radius 2 is 1.79 bits per heavy atom. The third-order valence-corrected chi connectivity index (χ3v) is 8.36.